The Kier molecular flexibility index (Phi) is 7.97. The predicted octanol–water partition coefficient (Wildman–Crippen LogP) is 2.91. The number of hydrogen-bond donors (Lipinski definition) is 1. The van der Waals surface area contributed by atoms with Gasteiger partial charge in [0.15, 0.2) is 5.96 Å². The zero-order valence-electron chi connectivity index (χ0n) is 16.6. The standard InChI is InChI=1S/C20H27FN6.HI/c1-20(2,16-6-4-7-17(21)14-16)15-25-18(22-3)26-10-12-27(13-11-26)19-23-8-5-9-24-19;/h4-9,14H,10-13,15H2,1-3H3,(H,22,25);1H. The van der Waals surface area contributed by atoms with Crippen molar-refractivity contribution in [2.75, 3.05) is 44.7 Å². The number of guanidine groups is 1. The van der Waals surface area contributed by atoms with Crippen LogP contribution >= 0.6 is 24.0 Å². The van der Waals surface area contributed by atoms with Crippen molar-refractivity contribution in [2.45, 2.75) is 19.3 Å². The first kappa shape index (κ1) is 22.3. The zero-order valence-corrected chi connectivity index (χ0v) is 18.9. The maximum Gasteiger partial charge on any atom is 0.225 e. The van der Waals surface area contributed by atoms with E-state index in [1.54, 1.807) is 31.6 Å². The number of nitrogens with zero attached hydrogens (tertiary/aromatic N) is 5. The van der Waals surface area contributed by atoms with Crippen molar-refractivity contribution in [1.29, 1.82) is 0 Å². The average Bonchev–Trinajstić information content (AvgIpc) is 2.69. The van der Waals surface area contributed by atoms with Gasteiger partial charge in [-0.2, -0.15) is 0 Å². The molecule has 0 spiro atoms. The van der Waals surface area contributed by atoms with E-state index >= 15 is 0 Å². The van der Waals surface area contributed by atoms with Gasteiger partial charge in [-0.05, 0) is 23.8 Å². The van der Waals surface area contributed by atoms with Gasteiger partial charge in [0.1, 0.15) is 5.82 Å². The molecule has 6 nitrogen and oxygen atoms in total. The molecule has 1 fully saturated rings. The summed E-state index contributed by atoms with van der Waals surface area (Å²) in [6, 6.07) is 8.62. The zero-order chi connectivity index (χ0) is 19.3. The van der Waals surface area contributed by atoms with Crippen LogP contribution in [0.15, 0.2) is 47.7 Å². The summed E-state index contributed by atoms with van der Waals surface area (Å²) in [5, 5.41) is 3.46. The van der Waals surface area contributed by atoms with Crippen LogP contribution in [-0.4, -0.2) is 60.6 Å². The Bertz CT molecular complexity index is 775. The fourth-order valence-corrected chi connectivity index (χ4v) is 3.22. The third-order valence-electron chi connectivity index (χ3n) is 4.92. The fraction of sp³-hybridized carbons (Fsp3) is 0.450. The van der Waals surface area contributed by atoms with E-state index in [4.69, 9.17) is 0 Å². The molecule has 2 aromatic rings. The second kappa shape index (κ2) is 9.99. The molecule has 0 radical (unpaired) electrons. The quantitative estimate of drug-likeness (QED) is 0.399. The molecule has 0 bridgehead atoms. The van der Waals surface area contributed by atoms with E-state index in [0.717, 1.165) is 43.7 Å². The Morgan fingerprint density at radius 2 is 1.82 bits per heavy atom. The Labute approximate surface area is 183 Å². The summed E-state index contributed by atoms with van der Waals surface area (Å²) in [7, 11) is 1.80. The molecule has 28 heavy (non-hydrogen) atoms. The van der Waals surface area contributed by atoms with Gasteiger partial charge in [0.25, 0.3) is 0 Å². The van der Waals surface area contributed by atoms with Gasteiger partial charge in [0.05, 0.1) is 0 Å². The summed E-state index contributed by atoms with van der Waals surface area (Å²) in [5.41, 5.74) is 0.758. The molecule has 0 saturated carbocycles. The third-order valence-corrected chi connectivity index (χ3v) is 4.92. The maximum absolute atomic E-state index is 13.6. The number of hydrogen-bond acceptors (Lipinski definition) is 4. The molecule has 1 aromatic heterocycles. The molecular weight excluding hydrogens is 470 g/mol. The van der Waals surface area contributed by atoms with Crippen molar-refractivity contribution in [3.63, 3.8) is 0 Å². The number of aliphatic imine (C=N–C) groups is 1. The summed E-state index contributed by atoms with van der Waals surface area (Å²) in [6.07, 6.45) is 3.54. The van der Waals surface area contributed by atoms with Crippen molar-refractivity contribution >= 4 is 35.9 Å². The highest BCUT2D eigenvalue weighted by molar-refractivity contribution is 14.0. The predicted molar refractivity (Wildman–Crippen MR) is 122 cm³/mol. The SMILES string of the molecule is CN=C(NCC(C)(C)c1cccc(F)c1)N1CCN(c2ncccn2)CC1.I. The van der Waals surface area contributed by atoms with Gasteiger partial charge < -0.3 is 15.1 Å². The smallest absolute Gasteiger partial charge is 0.225 e. The van der Waals surface area contributed by atoms with Crippen LogP contribution in [0.25, 0.3) is 0 Å². The van der Waals surface area contributed by atoms with Crippen LogP contribution in [0.5, 0.6) is 0 Å². The van der Waals surface area contributed by atoms with Crippen LogP contribution in [-0.2, 0) is 5.41 Å². The molecule has 1 N–H and O–H groups in total. The summed E-state index contributed by atoms with van der Waals surface area (Å²) in [4.78, 5) is 17.5. The number of aromatic nitrogens is 2. The van der Waals surface area contributed by atoms with E-state index in [0.29, 0.717) is 6.54 Å². The van der Waals surface area contributed by atoms with Crippen molar-refractivity contribution in [2.24, 2.45) is 4.99 Å². The Morgan fingerprint density at radius 3 is 2.43 bits per heavy atom. The first-order chi connectivity index (χ1) is 13.0. The maximum atomic E-state index is 13.6. The highest BCUT2D eigenvalue weighted by atomic mass is 127. The topological polar surface area (TPSA) is 56.7 Å². The van der Waals surface area contributed by atoms with Gasteiger partial charge in [-0.1, -0.05) is 26.0 Å². The molecule has 1 aliphatic heterocycles. The molecule has 8 heteroatoms. The van der Waals surface area contributed by atoms with Crippen molar-refractivity contribution < 1.29 is 4.39 Å². The molecule has 1 saturated heterocycles. The second-order valence-electron chi connectivity index (χ2n) is 7.32. The summed E-state index contributed by atoms with van der Waals surface area (Å²) in [5.74, 6) is 1.43. The highest BCUT2D eigenvalue weighted by Gasteiger charge is 2.25. The van der Waals surface area contributed by atoms with Crippen LogP contribution in [0.4, 0.5) is 10.3 Å². The van der Waals surface area contributed by atoms with Gasteiger partial charge in [-0.3, -0.25) is 4.99 Å². The Balaban J connectivity index is 0.00000280. The van der Waals surface area contributed by atoms with Crippen molar-refractivity contribution in [3.8, 4) is 0 Å². The van der Waals surface area contributed by atoms with Gasteiger partial charge >= 0.3 is 0 Å². The molecule has 1 aromatic carbocycles. The van der Waals surface area contributed by atoms with Gasteiger partial charge in [-0.25, -0.2) is 14.4 Å². The average molecular weight is 498 g/mol. The van der Waals surface area contributed by atoms with Gasteiger partial charge in [0.2, 0.25) is 5.95 Å². The Hall–Kier alpha value is -1.97. The Morgan fingerprint density at radius 1 is 1.14 bits per heavy atom. The van der Waals surface area contributed by atoms with Crippen LogP contribution in [0.1, 0.15) is 19.4 Å². The van der Waals surface area contributed by atoms with Crippen LogP contribution in [0, 0.1) is 5.82 Å². The van der Waals surface area contributed by atoms with E-state index in [9.17, 15) is 4.39 Å². The monoisotopic (exact) mass is 498 g/mol. The molecular formula is C20H28FIN6. The molecule has 0 unspecified atom stereocenters. The van der Waals surface area contributed by atoms with E-state index in [2.05, 4.69) is 43.9 Å². The van der Waals surface area contributed by atoms with E-state index in [-0.39, 0.29) is 35.2 Å². The van der Waals surface area contributed by atoms with Crippen LogP contribution < -0.4 is 10.2 Å². The summed E-state index contributed by atoms with van der Waals surface area (Å²) in [6.45, 7) is 8.26. The van der Waals surface area contributed by atoms with Gasteiger partial charge in [-0.15, -0.1) is 24.0 Å². The van der Waals surface area contributed by atoms with Gasteiger partial charge in [0, 0.05) is 57.6 Å². The molecule has 1 aliphatic rings. The highest BCUT2D eigenvalue weighted by Crippen LogP contribution is 2.23. The summed E-state index contributed by atoms with van der Waals surface area (Å²) < 4.78 is 13.6. The number of nitrogens with one attached hydrogen (secondary N) is 1. The molecule has 0 amide bonds. The molecule has 3 rings (SSSR count). The minimum atomic E-state index is -0.211. The first-order valence-corrected chi connectivity index (χ1v) is 9.23. The lowest BCUT2D eigenvalue weighted by Crippen LogP contribution is -2.54. The molecule has 0 aliphatic carbocycles. The van der Waals surface area contributed by atoms with Crippen LogP contribution in [0.2, 0.25) is 0 Å². The minimum absolute atomic E-state index is 0. The lowest BCUT2D eigenvalue weighted by Gasteiger charge is -2.37. The van der Waals surface area contributed by atoms with E-state index < -0.39 is 0 Å². The van der Waals surface area contributed by atoms with Crippen molar-refractivity contribution in [1.82, 2.24) is 20.2 Å². The number of halogens is 2. The minimum Gasteiger partial charge on any atom is -0.355 e. The van der Waals surface area contributed by atoms with Crippen LogP contribution in [0.3, 0.4) is 0 Å². The lowest BCUT2D eigenvalue weighted by molar-refractivity contribution is 0.364. The number of benzene rings is 1. The van der Waals surface area contributed by atoms with E-state index in [1.807, 2.05) is 12.1 Å². The number of rotatable bonds is 4. The lowest BCUT2D eigenvalue weighted by atomic mass is 9.84. The molecule has 2 heterocycles. The number of piperazine rings is 1. The van der Waals surface area contributed by atoms with E-state index in [1.165, 1.54) is 6.07 Å². The molecule has 152 valence electrons. The van der Waals surface area contributed by atoms with Crippen molar-refractivity contribution in [3.05, 3.63) is 54.1 Å². The largest absolute Gasteiger partial charge is 0.355 e. The molecule has 0 atom stereocenters. The second-order valence-corrected chi connectivity index (χ2v) is 7.32. The number of anilines is 1. The summed E-state index contributed by atoms with van der Waals surface area (Å²) >= 11 is 0. The fourth-order valence-electron chi connectivity index (χ4n) is 3.22. The third kappa shape index (κ3) is 5.52. The normalized spacial score (nSPS) is 15.2. The first-order valence-electron chi connectivity index (χ1n) is 9.23.